The van der Waals surface area contributed by atoms with Gasteiger partial charge in [-0.15, -0.1) is 0 Å². The van der Waals surface area contributed by atoms with Crippen molar-refractivity contribution in [1.82, 2.24) is 14.9 Å². The molecule has 1 amide bonds. The Kier molecular flexibility index (Phi) is 5.31. The average Bonchev–Trinajstić information content (AvgIpc) is 2.62. The van der Waals surface area contributed by atoms with Crippen LogP contribution in [-0.2, 0) is 4.79 Å². The van der Waals surface area contributed by atoms with Gasteiger partial charge in [-0.2, -0.15) is 0 Å². The van der Waals surface area contributed by atoms with Crippen LogP contribution in [0.5, 0.6) is 0 Å². The third-order valence-corrected chi connectivity index (χ3v) is 4.62. The van der Waals surface area contributed by atoms with Gasteiger partial charge in [0, 0.05) is 31.1 Å². The number of halogens is 3. The summed E-state index contributed by atoms with van der Waals surface area (Å²) in [7, 11) is 0. The minimum absolute atomic E-state index is 0.147. The van der Waals surface area contributed by atoms with Crippen LogP contribution in [0, 0.1) is 5.82 Å². The molecule has 1 aliphatic heterocycles. The standard InChI is InChI=1S/C18H19F3N4O2/c1-11(17(27)24-15-4-3-14(19)8-22-15)25-9-13(6-18(20,21)10-25)12-2-5-16(26)23-7-12/h2-5,7-8,11,13H,6,9-10H2,1H3,(H,23,26)(H,22,24,27). The van der Waals surface area contributed by atoms with Gasteiger partial charge in [0.25, 0.3) is 5.92 Å². The van der Waals surface area contributed by atoms with E-state index in [1.807, 2.05) is 0 Å². The molecule has 144 valence electrons. The predicted octanol–water partition coefficient (Wildman–Crippen LogP) is 2.36. The molecular formula is C18H19F3N4O2. The number of alkyl halides is 2. The third kappa shape index (κ3) is 4.73. The SMILES string of the molecule is CC(C(=O)Nc1ccc(F)cn1)N1CC(c2ccc(=O)[nH]c2)CC(F)(F)C1. The number of pyridine rings is 2. The normalized spacial score (nSPS) is 20.8. The van der Waals surface area contributed by atoms with Gasteiger partial charge in [0.2, 0.25) is 11.5 Å². The predicted molar refractivity (Wildman–Crippen MR) is 93.2 cm³/mol. The molecule has 0 saturated carbocycles. The van der Waals surface area contributed by atoms with Crippen LogP contribution in [0.2, 0.25) is 0 Å². The summed E-state index contributed by atoms with van der Waals surface area (Å²) in [6.07, 6.45) is 2.03. The van der Waals surface area contributed by atoms with E-state index in [1.54, 1.807) is 0 Å². The Morgan fingerprint density at radius 1 is 1.37 bits per heavy atom. The van der Waals surface area contributed by atoms with Gasteiger partial charge < -0.3 is 10.3 Å². The van der Waals surface area contributed by atoms with Gasteiger partial charge in [0.15, 0.2) is 0 Å². The number of carbonyl (C=O) groups excluding carboxylic acids is 1. The number of likely N-dealkylation sites (tertiary alicyclic amines) is 1. The molecule has 0 bridgehead atoms. The van der Waals surface area contributed by atoms with Gasteiger partial charge >= 0.3 is 0 Å². The summed E-state index contributed by atoms with van der Waals surface area (Å²) in [5.41, 5.74) is 0.282. The fourth-order valence-corrected chi connectivity index (χ4v) is 3.18. The third-order valence-electron chi connectivity index (χ3n) is 4.62. The maximum Gasteiger partial charge on any atom is 0.261 e. The number of nitrogens with zero attached hydrogens (tertiary/aromatic N) is 2. The van der Waals surface area contributed by atoms with Crippen LogP contribution in [0.25, 0.3) is 0 Å². The maximum atomic E-state index is 14.3. The molecule has 6 nitrogen and oxygen atoms in total. The van der Waals surface area contributed by atoms with E-state index in [2.05, 4.69) is 15.3 Å². The number of amides is 1. The van der Waals surface area contributed by atoms with Crippen LogP contribution in [0.4, 0.5) is 19.0 Å². The molecule has 2 aromatic heterocycles. The zero-order valence-corrected chi connectivity index (χ0v) is 14.6. The highest BCUT2D eigenvalue weighted by Crippen LogP contribution is 2.36. The number of aromatic amines is 1. The van der Waals surface area contributed by atoms with E-state index in [1.165, 1.54) is 36.2 Å². The van der Waals surface area contributed by atoms with E-state index in [0.29, 0.717) is 5.56 Å². The molecule has 9 heteroatoms. The van der Waals surface area contributed by atoms with Crippen LogP contribution in [-0.4, -0.2) is 45.8 Å². The quantitative estimate of drug-likeness (QED) is 0.854. The lowest BCUT2D eigenvalue weighted by atomic mass is 9.89. The van der Waals surface area contributed by atoms with E-state index < -0.39 is 36.2 Å². The Morgan fingerprint density at radius 2 is 2.15 bits per heavy atom. The first-order chi connectivity index (χ1) is 12.7. The second-order valence-electron chi connectivity index (χ2n) is 6.70. The summed E-state index contributed by atoms with van der Waals surface area (Å²) in [4.78, 5) is 31.2. The molecule has 0 radical (unpaired) electrons. The van der Waals surface area contributed by atoms with Crippen LogP contribution in [0.15, 0.2) is 41.5 Å². The number of carbonyl (C=O) groups is 1. The van der Waals surface area contributed by atoms with Crippen molar-refractivity contribution in [2.75, 3.05) is 18.4 Å². The maximum absolute atomic E-state index is 14.3. The number of anilines is 1. The Balaban J connectivity index is 1.73. The van der Waals surface area contributed by atoms with Crippen LogP contribution in [0.1, 0.15) is 24.8 Å². The van der Waals surface area contributed by atoms with Gasteiger partial charge in [0.05, 0.1) is 18.8 Å². The molecule has 2 N–H and O–H groups in total. The highest BCUT2D eigenvalue weighted by atomic mass is 19.3. The van der Waals surface area contributed by atoms with Gasteiger partial charge in [0.1, 0.15) is 11.6 Å². The smallest absolute Gasteiger partial charge is 0.261 e. The molecule has 3 heterocycles. The Bertz CT molecular complexity index is 849. The molecule has 2 unspecified atom stereocenters. The summed E-state index contributed by atoms with van der Waals surface area (Å²) in [5, 5.41) is 2.50. The number of piperidine rings is 1. The number of H-pyrrole nitrogens is 1. The number of rotatable bonds is 4. The van der Waals surface area contributed by atoms with Crippen molar-refractivity contribution < 1.29 is 18.0 Å². The fraction of sp³-hybridized carbons (Fsp3) is 0.389. The van der Waals surface area contributed by atoms with Crippen LogP contribution in [0.3, 0.4) is 0 Å². The van der Waals surface area contributed by atoms with Crippen molar-refractivity contribution in [1.29, 1.82) is 0 Å². The Morgan fingerprint density at radius 3 is 2.78 bits per heavy atom. The zero-order valence-electron chi connectivity index (χ0n) is 14.6. The molecule has 2 aromatic rings. The van der Waals surface area contributed by atoms with Crippen molar-refractivity contribution in [2.24, 2.45) is 0 Å². The average molecular weight is 380 g/mol. The molecule has 0 aromatic carbocycles. The Labute approximate surface area is 153 Å². The molecule has 27 heavy (non-hydrogen) atoms. The van der Waals surface area contributed by atoms with Crippen molar-refractivity contribution in [3.8, 4) is 0 Å². The number of hydrogen-bond donors (Lipinski definition) is 2. The zero-order chi connectivity index (χ0) is 19.6. The second kappa shape index (κ2) is 7.51. The topological polar surface area (TPSA) is 78.1 Å². The monoisotopic (exact) mass is 380 g/mol. The summed E-state index contributed by atoms with van der Waals surface area (Å²) in [6, 6.07) is 4.43. The highest BCUT2D eigenvalue weighted by Gasteiger charge is 2.43. The number of hydrogen-bond acceptors (Lipinski definition) is 4. The van der Waals surface area contributed by atoms with Gasteiger partial charge in [-0.05, 0) is 24.6 Å². The van der Waals surface area contributed by atoms with E-state index in [4.69, 9.17) is 0 Å². The van der Waals surface area contributed by atoms with Gasteiger partial charge in [-0.3, -0.25) is 14.5 Å². The summed E-state index contributed by atoms with van der Waals surface area (Å²) in [6.45, 7) is 1.23. The summed E-state index contributed by atoms with van der Waals surface area (Å²) in [5.74, 6) is -4.40. The molecule has 0 aliphatic carbocycles. The lowest BCUT2D eigenvalue weighted by molar-refractivity contribution is -0.126. The Hall–Kier alpha value is -2.68. The van der Waals surface area contributed by atoms with Crippen molar-refractivity contribution in [3.63, 3.8) is 0 Å². The molecule has 1 aliphatic rings. The molecule has 1 fully saturated rings. The largest absolute Gasteiger partial charge is 0.329 e. The first-order valence-electron chi connectivity index (χ1n) is 8.46. The first kappa shape index (κ1) is 19.1. The summed E-state index contributed by atoms with van der Waals surface area (Å²) < 4.78 is 41.4. The van der Waals surface area contributed by atoms with Crippen LogP contribution >= 0.6 is 0 Å². The fourth-order valence-electron chi connectivity index (χ4n) is 3.18. The molecule has 2 atom stereocenters. The van der Waals surface area contributed by atoms with Crippen molar-refractivity contribution >= 4 is 11.7 Å². The van der Waals surface area contributed by atoms with Gasteiger partial charge in [-0.25, -0.2) is 18.2 Å². The van der Waals surface area contributed by atoms with E-state index in [9.17, 15) is 22.8 Å². The van der Waals surface area contributed by atoms with Gasteiger partial charge in [-0.1, -0.05) is 6.07 Å². The lowest BCUT2D eigenvalue weighted by Crippen LogP contribution is -2.53. The van der Waals surface area contributed by atoms with Crippen molar-refractivity contribution in [3.05, 3.63) is 58.4 Å². The minimum Gasteiger partial charge on any atom is -0.329 e. The molecular weight excluding hydrogens is 361 g/mol. The molecule has 1 saturated heterocycles. The van der Waals surface area contributed by atoms with Crippen molar-refractivity contribution in [2.45, 2.75) is 31.2 Å². The lowest BCUT2D eigenvalue weighted by Gasteiger charge is -2.40. The minimum atomic E-state index is -2.97. The first-order valence-corrected chi connectivity index (χ1v) is 8.46. The highest BCUT2D eigenvalue weighted by molar-refractivity contribution is 5.93. The number of nitrogens with one attached hydrogen (secondary N) is 2. The van der Waals surface area contributed by atoms with E-state index >= 15 is 0 Å². The summed E-state index contributed by atoms with van der Waals surface area (Å²) >= 11 is 0. The van der Waals surface area contributed by atoms with E-state index in [-0.39, 0.29) is 24.3 Å². The molecule has 0 spiro atoms. The second-order valence-corrected chi connectivity index (χ2v) is 6.70. The van der Waals surface area contributed by atoms with Crippen LogP contribution < -0.4 is 10.9 Å². The van der Waals surface area contributed by atoms with E-state index in [0.717, 1.165) is 12.3 Å². The molecule has 3 rings (SSSR count). The number of aromatic nitrogens is 2.